The van der Waals surface area contributed by atoms with Gasteiger partial charge in [-0.15, -0.1) is 22.7 Å². The second-order valence-corrected chi connectivity index (χ2v) is 23.4. The molecule has 2 heterocycles. The molecule has 0 saturated carbocycles. The summed E-state index contributed by atoms with van der Waals surface area (Å²) in [6.07, 6.45) is 0. The molecule has 0 spiro atoms. The van der Waals surface area contributed by atoms with Crippen LogP contribution in [0.4, 0.5) is 26.3 Å². The minimum atomic E-state index is -5.51. The Hall–Kier alpha value is -0.846. The van der Waals surface area contributed by atoms with Crippen molar-refractivity contribution in [3.05, 3.63) is 33.0 Å². The van der Waals surface area contributed by atoms with Crippen LogP contribution in [0.2, 0.25) is 39.3 Å². The quantitative estimate of drug-likeness (QED) is 0.297. The minimum Gasteiger partial charge on any atom is -0.194 e. The van der Waals surface area contributed by atoms with Crippen LogP contribution in [0.5, 0.6) is 0 Å². The first kappa shape index (κ1) is 24.8. The number of hydrogen-bond donors (Lipinski definition) is 0. The number of alkyl halides is 6. The second kappa shape index (κ2) is 7.07. The van der Waals surface area contributed by atoms with Crippen LogP contribution < -0.4 is 9.00 Å². The molecule has 2 aromatic rings. The summed E-state index contributed by atoms with van der Waals surface area (Å²) in [4.78, 5) is 0.716. The third kappa shape index (κ3) is 3.61. The Balaban J connectivity index is 2.43. The maximum absolute atomic E-state index is 15.1. The zero-order chi connectivity index (χ0) is 23.9. The van der Waals surface area contributed by atoms with Crippen LogP contribution >= 0.6 is 22.7 Å². The molecule has 0 N–H and O–H groups in total. The predicted molar refractivity (Wildman–Crippen MR) is 126 cm³/mol. The van der Waals surface area contributed by atoms with Crippen molar-refractivity contribution >= 4 is 59.0 Å². The van der Waals surface area contributed by atoms with E-state index in [0.29, 0.717) is 9.75 Å². The van der Waals surface area contributed by atoms with Crippen LogP contribution in [-0.2, 0) is 0 Å². The monoisotopic (exact) mass is 512 g/mol. The van der Waals surface area contributed by atoms with Crippen molar-refractivity contribution in [2.24, 2.45) is 0 Å². The van der Waals surface area contributed by atoms with Gasteiger partial charge >= 0.3 is 17.8 Å². The van der Waals surface area contributed by atoms with Gasteiger partial charge in [-0.3, -0.25) is 0 Å². The first-order valence-electron chi connectivity index (χ1n) is 9.86. The molecule has 2 aromatic heterocycles. The maximum Gasteiger partial charge on any atom is 0.380 e. The van der Waals surface area contributed by atoms with Crippen LogP contribution in [0, 0.1) is 13.8 Å². The van der Waals surface area contributed by atoms with Gasteiger partial charge in [0.25, 0.3) is 0 Å². The summed E-state index contributed by atoms with van der Waals surface area (Å²) in [7, 11) is -3.92. The topological polar surface area (TPSA) is 0 Å². The van der Waals surface area contributed by atoms with E-state index >= 15 is 17.6 Å². The smallest absolute Gasteiger partial charge is 0.194 e. The molecule has 0 fully saturated rings. The molecule has 1 aliphatic carbocycles. The van der Waals surface area contributed by atoms with E-state index in [-0.39, 0.29) is 11.1 Å². The number of aryl methyl sites for hydroxylation is 2. The maximum atomic E-state index is 15.1. The van der Waals surface area contributed by atoms with E-state index in [9.17, 15) is 8.78 Å². The molecule has 0 atom stereocenters. The summed E-state index contributed by atoms with van der Waals surface area (Å²) in [5, 5.41) is 0. The molecule has 31 heavy (non-hydrogen) atoms. The average molecular weight is 513 g/mol. The molecule has 10 heteroatoms. The molecule has 0 bridgehead atoms. The van der Waals surface area contributed by atoms with Gasteiger partial charge in [-0.25, -0.2) is 0 Å². The standard InChI is InChI=1S/C21H26F6S2Si2/c1-11-13(9-15(28-11)30(3,4)5)17-18(20(24,25)21(26,27)19(17,22)23)14-10-16(29-12(14)2)31(6,7)8/h9-10H,1-8H3. The molecule has 0 aliphatic heterocycles. The van der Waals surface area contributed by atoms with E-state index in [1.54, 1.807) is 0 Å². The summed E-state index contributed by atoms with van der Waals surface area (Å²) >= 11 is 2.47. The van der Waals surface area contributed by atoms with Crippen LogP contribution in [0.25, 0.3) is 11.1 Å². The zero-order valence-electron chi connectivity index (χ0n) is 18.7. The van der Waals surface area contributed by atoms with Crippen LogP contribution in [0.15, 0.2) is 12.1 Å². The van der Waals surface area contributed by atoms with Gasteiger partial charge in [0.2, 0.25) is 0 Å². The van der Waals surface area contributed by atoms with Gasteiger partial charge in [0, 0.05) is 20.9 Å². The molecular formula is C21H26F6S2Si2. The summed E-state index contributed by atoms with van der Waals surface area (Å²) < 4.78 is 91.2. The Morgan fingerprint density at radius 3 is 1.13 bits per heavy atom. The van der Waals surface area contributed by atoms with E-state index in [1.807, 2.05) is 39.3 Å². The lowest BCUT2D eigenvalue weighted by Gasteiger charge is -2.25. The summed E-state index contributed by atoms with van der Waals surface area (Å²) in [5.41, 5.74) is -2.80. The lowest BCUT2D eigenvalue weighted by Crippen LogP contribution is -2.49. The van der Waals surface area contributed by atoms with E-state index in [4.69, 9.17) is 0 Å². The number of rotatable bonds is 4. The fourth-order valence-electron chi connectivity index (χ4n) is 3.63. The molecule has 0 nitrogen and oxygen atoms in total. The Kier molecular flexibility index (Phi) is 5.66. The van der Waals surface area contributed by atoms with Crippen LogP contribution in [0.1, 0.15) is 20.9 Å². The third-order valence-electron chi connectivity index (χ3n) is 5.52. The van der Waals surface area contributed by atoms with Gasteiger partial charge in [0.15, 0.2) is 0 Å². The van der Waals surface area contributed by atoms with E-state index < -0.39 is 45.1 Å². The van der Waals surface area contributed by atoms with Crippen molar-refractivity contribution < 1.29 is 26.3 Å². The number of hydrogen-bond acceptors (Lipinski definition) is 2. The largest absolute Gasteiger partial charge is 0.380 e. The van der Waals surface area contributed by atoms with Gasteiger partial charge in [0.05, 0.1) is 16.1 Å². The number of allylic oxidation sites excluding steroid dienone is 2. The summed E-state index contributed by atoms with van der Waals surface area (Å²) in [6, 6.07) is 2.88. The first-order chi connectivity index (χ1) is 13.7. The van der Waals surface area contributed by atoms with Gasteiger partial charge in [-0.2, -0.15) is 26.3 Å². The SMILES string of the molecule is Cc1sc([Si](C)(C)C)cc1C1=C(c2cc([Si](C)(C)C)sc2C)C(F)(F)C(F)(F)C1(F)F. The highest BCUT2D eigenvalue weighted by atomic mass is 32.1. The number of halogens is 6. The van der Waals surface area contributed by atoms with Crippen molar-refractivity contribution in [2.45, 2.75) is 70.9 Å². The fourth-order valence-corrected chi connectivity index (χ4v) is 9.71. The van der Waals surface area contributed by atoms with E-state index in [0.717, 1.165) is 9.00 Å². The Morgan fingerprint density at radius 1 is 0.613 bits per heavy atom. The van der Waals surface area contributed by atoms with Crippen LogP contribution in [-0.4, -0.2) is 33.9 Å². The summed E-state index contributed by atoms with van der Waals surface area (Å²) in [6.45, 7) is 15.0. The molecule has 0 saturated heterocycles. The number of thiophene rings is 2. The molecule has 172 valence electrons. The fraction of sp³-hybridized carbons (Fsp3) is 0.524. The van der Waals surface area contributed by atoms with Gasteiger partial charge in [0.1, 0.15) is 0 Å². The summed E-state index contributed by atoms with van der Waals surface area (Å²) in [5.74, 6) is -15.5. The first-order valence-corrected chi connectivity index (χ1v) is 18.5. The third-order valence-corrected chi connectivity index (χ3v) is 14.8. The van der Waals surface area contributed by atoms with Crippen molar-refractivity contribution in [1.82, 2.24) is 0 Å². The lowest BCUT2D eigenvalue weighted by molar-refractivity contribution is -0.254. The highest BCUT2D eigenvalue weighted by molar-refractivity contribution is 7.27. The van der Waals surface area contributed by atoms with Crippen molar-refractivity contribution in [2.75, 3.05) is 0 Å². The zero-order valence-corrected chi connectivity index (χ0v) is 22.4. The predicted octanol–water partition coefficient (Wildman–Crippen LogP) is 7.35. The van der Waals surface area contributed by atoms with Gasteiger partial charge in [-0.05, 0) is 46.1 Å². The highest BCUT2D eigenvalue weighted by Crippen LogP contribution is 2.65. The van der Waals surface area contributed by atoms with Crippen molar-refractivity contribution in [3.63, 3.8) is 0 Å². The van der Waals surface area contributed by atoms with Crippen LogP contribution in [0.3, 0.4) is 0 Å². The Labute approximate surface area is 189 Å². The molecule has 1 aliphatic rings. The molecule has 0 amide bonds. The molecule has 0 unspecified atom stereocenters. The van der Waals surface area contributed by atoms with E-state index in [2.05, 4.69) is 0 Å². The highest BCUT2D eigenvalue weighted by Gasteiger charge is 2.80. The van der Waals surface area contributed by atoms with E-state index in [1.165, 1.54) is 48.7 Å². The van der Waals surface area contributed by atoms with Gasteiger partial charge < -0.3 is 0 Å². The lowest BCUT2D eigenvalue weighted by atomic mass is 9.96. The van der Waals surface area contributed by atoms with Gasteiger partial charge in [-0.1, -0.05) is 39.3 Å². The molecule has 0 aromatic carbocycles. The Morgan fingerprint density at radius 2 is 0.903 bits per heavy atom. The minimum absolute atomic E-state index is 0.181. The molecule has 3 rings (SSSR count). The average Bonchev–Trinajstić information content (AvgIpc) is 3.16. The van der Waals surface area contributed by atoms with Crippen molar-refractivity contribution in [3.8, 4) is 0 Å². The normalized spacial score (nSPS) is 20.6. The molecular weight excluding hydrogens is 487 g/mol. The van der Waals surface area contributed by atoms with Crippen molar-refractivity contribution in [1.29, 1.82) is 0 Å². The molecule has 0 radical (unpaired) electrons. The Bertz CT molecular complexity index is 983. The second-order valence-electron chi connectivity index (χ2n) is 10.1.